The van der Waals surface area contributed by atoms with Crippen molar-refractivity contribution in [1.82, 2.24) is 25.2 Å². The Hall–Kier alpha value is -3.33. The minimum absolute atomic E-state index is 0.0646. The van der Waals surface area contributed by atoms with Crippen molar-refractivity contribution in [2.75, 3.05) is 37.8 Å². The molecule has 1 saturated carbocycles. The average Bonchev–Trinajstić information content (AvgIpc) is 3.30. The van der Waals surface area contributed by atoms with Crippen molar-refractivity contribution in [3.8, 4) is 0 Å². The number of nitrogens with two attached hydrogens (primary N) is 1. The first kappa shape index (κ1) is 19.6. The number of H-pyrrole nitrogens is 2. The normalized spacial score (nSPS) is 17.7. The van der Waals surface area contributed by atoms with E-state index >= 15 is 0 Å². The molecule has 31 heavy (non-hydrogen) atoms. The minimum atomic E-state index is -0.560. The second-order valence-electron chi connectivity index (χ2n) is 8.93. The van der Waals surface area contributed by atoms with Crippen LogP contribution < -0.4 is 21.5 Å². The molecule has 1 aliphatic carbocycles. The third-order valence-electron chi connectivity index (χ3n) is 6.60. The number of fused-ring (bicyclic) bond motifs is 1. The van der Waals surface area contributed by atoms with E-state index in [2.05, 4.69) is 50.2 Å². The van der Waals surface area contributed by atoms with Crippen LogP contribution in [-0.2, 0) is 5.54 Å². The first-order valence-corrected chi connectivity index (χ1v) is 10.5. The van der Waals surface area contributed by atoms with Crippen molar-refractivity contribution < 1.29 is 4.79 Å². The lowest BCUT2D eigenvalue weighted by Crippen LogP contribution is -2.57. The van der Waals surface area contributed by atoms with Gasteiger partial charge in [-0.1, -0.05) is 6.07 Å². The van der Waals surface area contributed by atoms with E-state index in [1.54, 1.807) is 6.20 Å². The van der Waals surface area contributed by atoms with Crippen LogP contribution in [0.15, 0.2) is 29.2 Å². The Balaban J connectivity index is 1.41. The number of carbonyl (C=O) groups excluding carboxylic acids is 1. The molecule has 0 unspecified atom stereocenters. The predicted molar refractivity (Wildman–Crippen MR) is 120 cm³/mol. The van der Waals surface area contributed by atoms with Crippen molar-refractivity contribution in [2.45, 2.75) is 31.3 Å². The smallest absolute Gasteiger partial charge is 0.262 e. The largest absolute Gasteiger partial charge is 0.369 e. The zero-order valence-corrected chi connectivity index (χ0v) is 18.0. The summed E-state index contributed by atoms with van der Waals surface area (Å²) < 4.78 is 0. The number of rotatable bonds is 5. The molecule has 3 aromatic rings. The van der Waals surface area contributed by atoms with Gasteiger partial charge in [-0.2, -0.15) is 4.98 Å². The molecular formula is C22H27N7O2. The molecule has 0 radical (unpaired) electrons. The van der Waals surface area contributed by atoms with Crippen LogP contribution >= 0.6 is 0 Å². The average molecular weight is 422 g/mol. The number of hydrogen-bond acceptors (Lipinski definition) is 6. The maximum Gasteiger partial charge on any atom is 0.262 e. The van der Waals surface area contributed by atoms with Crippen LogP contribution in [0.25, 0.3) is 11.0 Å². The number of amides is 1. The molecule has 2 fully saturated rings. The van der Waals surface area contributed by atoms with Crippen molar-refractivity contribution in [3.05, 3.63) is 51.4 Å². The summed E-state index contributed by atoms with van der Waals surface area (Å²) in [5.41, 5.74) is 8.62. The number of anilines is 2. The third kappa shape index (κ3) is 3.25. The van der Waals surface area contributed by atoms with Gasteiger partial charge in [-0.05, 0) is 51.6 Å². The molecule has 5 N–H and O–H groups in total. The first-order valence-electron chi connectivity index (χ1n) is 10.5. The van der Waals surface area contributed by atoms with Crippen LogP contribution in [-0.4, -0.2) is 59.0 Å². The van der Waals surface area contributed by atoms with Crippen molar-refractivity contribution in [1.29, 1.82) is 0 Å². The van der Waals surface area contributed by atoms with Crippen LogP contribution in [0.1, 0.15) is 34.3 Å². The summed E-state index contributed by atoms with van der Waals surface area (Å²) in [5, 5.41) is 3.64. The number of aromatic amines is 2. The van der Waals surface area contributed by atoms with Gasteiger partial charge in [0.15, 0.2) is 0 Å². The highest BCUT2D eigenvalue weighted by molar-refractivity contribution is 5.98. The maximum atomic E-state index is 13.3. The highest BCUT2D eigenvalue weighted by atomic mass is 16.2. The van der Waals surface area contributed by atoms with Gasteiger partial charge in [0.2, 0.25) is 5.95 Å². The van der Waals surface area contributed by atoms with E-state index in [9.17, 15) is 9.59 Å². The van der Waals surface area contributed by atoms with E-state index in [0.717, 1.165) is 42.7 Å². The van der Waals surface area contributed by atoms with E-state index in [1.165, 1.54) is 0 Å². The molecule has 5 rings (SSSR count). The van der Waals surface area contributed by atoms with Gasteiger partial charge in [0.1, 0.15) is 5.65 Å². The zero-order chi connectivity index (χ0) is 21.9. The SMILES string of the molecule is Cc1ccc(N2CC(N(C)C)C2)cc1C(=O)NC1(c2c[nH]c3nc(N)[nH]c(=O)c23)CC1. The van der Waals surface area contributed by atoms with Gasteiger partial charge < -0.3 is 25.8 Å². The zero-order valence-electron chi connectivity index (χ0n) is 18.0. The quantitative estimate of drug-likeness (QED) is 0.493. The maximum absolute atomic E-state index is 13.3. The van der Waals surface area contributed by atoms with Gasteiger partial charge in [-0.3, -0.25) is 14.6 Å². The number of nitrogen functional groups attached to an aromatic ring is 1. The molecule has 1 amide bonds. The standard InChI is InChI=1S/C22H27N7O2/c1-12-4-5-13(29-10-14(11-29)28(2)3)8-15(12)19(30)27-22(6-7-22)16-9-24-18-17(16)20(31)26-21(23)25-18/h4-5,8-9,14H,6-7,10-11H2,1-3H3,(H,27,30)(H4,23,24,25,26,31). The van der Waals surface area contributed by atoms with Gasteiger partial charge in [-0.15, -0.1) is 0 Å². The van der Waals surface area contributed by atoms with Crippen LogP contribution in [0.5, 0.6) is 0 Å². The molecule has 0 spiro atoms. The van der Waals surface area contributed by atoms with E-state index in [1.807, 2.05) is 19.1 Å². The fourth-order valence-electron chi connectivity index (χ4n) is 4.35. The monoisotopic (exact) mass is 421 g/mol. The Morgan fingerprint density at radius 3 is 2.74 bits per heavy atom. The number of nitrogens with one attached hydrogen (secondary N) is 3. The second kappa shape index (κ2) is 6.84. The summed E-state index contributed by atoms with van der Waals surface area (Å²) in [6.45, 7) is 3.85. The molecule has 3 heterocycles. The fourth-order valence-corrected chi connectivity index (χ4v) is 4.35. The van der Waals surface area contributed by atoms with Gasteiger partial charge in [0.05, 0.1) is 10.9 Å². The number of nitrogens with zero attached hydrogens (tertiary/aromatic N) is 3. The first-order chi connectivity index (χ1) is 14.8. The lowest BCUT2D eigenvalue weighted by atomic mass is 10.0. The van der Waals surface area contributed by atoms with Crippen LogP contribution in [0.2, 0.25) is 0 Å². The van der Waals surface area contributed by atoms with Crippen molar-refractivity contribution in [2.24, 2.45) is 0 Å². The van der Waals surface area contributed by atoms with Crippen molar-refractivity contribution in [3.63, 3.8) is 0 Å². The lowest BCUT2D eigenvalue weighted by molar-refractivity contribution is 0.0930. The highest BCUT2D eigenvalue weighted by Gasteiger charge is 2.48. The van der Waals surface area contributed by atoms with E-state index < -0.39 is 5.54 Å². The van der Waals surface area contributed by atoms with Crippen molar-refractivity contribution >= 4 is 28.6 Å². The Kier molecular flexibility index (Phi) is 4.33. The number of hydrogen-bond donors (Lipinski definition) is 4. The van der Waals surface area contributed by atoms with Gasteiger partial charge in [-0.25, -0.2) is 0 Å². The van der Waals surface area contributed by atoms with Crippen LogP contribution in [0, 0.1) is 6.92 Å². The van der Waals surface area contributed by atoms with Crippen LogP contribution in [0.3, 0.4) is 0 Å². The molecule has 1 aromatic carbocycles. The minimum Gasteiger partial charge on any atom is -0.369 e. The summed E-state index contributed by atoms with van der Waals surface area (Å²) in [6.07, 6.45) is 3.29. The Morgan fingerprint density at radius 1 is 1.32 bits per heavy atom. The number of aryl methyl sites for hydroxylation is 1. The Morgan fingerprint density at radius 2 is 2.06 bits per heavy atom. The third-order valence-corrected chi connectivity index (χ3v) is 6.60. The molecule has 1 saturated heterocycles. The summed E-state index contributed by atoms with van der Waals surface area (Å²) in [7, 11) is 4.18. The molecule has 9 nitrogen and oxygen atoms in total. The number of aromatic nitrogens is 3. The molecule has 0 bridgehead atoms. The molecular weight excluding hydrogens is 394 g/mol. The van der Waals surface area contributed by atoms with Gasteiger partial charge in [0, 0.05) is 42.1 Å². The Bertz CT molecular complexity index is 1230. The molecule has 0 atom stereocenters. The topological polar surface area (TPSA) is 123 Å². The van der Waals surface area contributed by atoms with Gasteiger partial charge >= 0.3 is 0 Å². The number of likely N-dealkylation sites (N-methyl/N-ethyl adjacent to an activating group) is 1. The molecule has 9 heteroatoms. The second-order valence-corrected chi connectivity index (χ2v) is 8.93. The lowest BCUT2D eigenvalue weighted by Gasteiger charge is -2.44. The molecule has 2 aliphatic rings. The molecule has 2 aromatic heterocycles. The van der Waals surface area contributed by atoms with E-state index in [4.69, 9.17) is 5.73 Å². The Labute approximate surface area is 179 Å². The molecule has 162 valence electrons. The number of benzene rings is 1. The molecule has 1 aliphatic heterocycles. The predicted octanol–water partition coefficient (Wildman–Crippen LogP) is 1.31. The summed E-state index contributed by atoms with van der Waals surface area (Å²) in [6, 6.07) is 6.57. The summed E-state index contributed by atoms with van der Waals surface area (Å²) in [5.74, 6) is -0.0644. The summed E-state index contributed by atoms with van der Waals surface area (Å²) in [4.78, 5) is 40.0. The van der Waals surface area contributed by atoms with E-state index in [-0.39, 0.29) is 17.4 Å². The highest BCUT2D eigenvalue weighted by Crippen LogP contribution is 2.47. The summed E-state index contributed by atoms with van der Waals surface area (Å²) >= 11 is 0. The number of carbonyl (C=O) groups is 1. The van der Waals surface area contributed by atoms with Gasteiger partial charge in [0.25, 0.3) is 11.5 Å². The van der Waals surface area contributed by atoms with Crippen LogP contribution in [0.4, 0.5) is 11.6 Å². The fraction of sp³-hybridized carbons (Fsp3) is 0.409. The van der Waals surface area contributed by atoms with E-state index in [0.29, 0.717) is 22.6 Å².